The molecule has 0 saturated carbocycles. The summed E-state index contributed by atoms with van der Waals surface area (Å²) in [5, 5.41) is 0. The van der Waals surface area contributed by atoms with Crippen LogP contribution in [0.4, 0.5) is 0 Å². The van der Waals surface area contributed by atoms with E-state index in [0.29, 0.717) is 5.92 Å². The van der Waals surface area contributed by atoms with Crippen LogP contribution >= 0.6 is 0 Å². The first-order chi connectivity index (χ1) is 9.31. The number of nitrogens with zero attached hydrogens (tertiary/aromatic N) is 4. The van der Waals surface area contributed by atoms with Crippen LogP contribution in [0.5, 0.6) is 0 Å². The molecule has 0 bridgehead atoms. The summed E-state index contributed by atoms with van der Waals surface area (Å²) < 4.78 is 0. The monoisotopic (exact) mass is 257 g/mol. The van der Waals surface area contributed by atoms with Crippen molar-refractivity contribution in [2.45, 2.75) is 32.2 Å². The van der Waals surface area contributed by atoms with Gasteiger partial charge in [-0.3, -0.25) is 4.90 Å². The maximum absolute atomic E-state index is 4.57. The topological polar surface area (TPSA) is 57.7 Å². The van der Waals surface area contributed by atoms with E-state index in [1.807, 2.05) is 31.6 Å². The molecule has 3 heterocycles. The fraction of sp³-hybridized carbons (Fsp3) is 0.500. The summed E-state index contributed by atoms with van der Waals surface area (Å²) in [6, 6.07) is 2.05. The number of hydrogen-bond donors (Lipinski definition) is 1. The van der Waals surface area contributed by atoms with Crippen LogP contribution in [0.1, 0.15) is 36.1 Å². The van der Waals surface area contributed by atoms with Gasteiger partial charge in [-0.1, -0.05) is 0 Å². The summed E-state index contributed by atoms with van der Waals surface area (Å²) in [6.45, 7) is 5.04. The van der Waals surface area contributed by atoms with Gasteiger partial charge in [-0.25, -0.2) is 15.0 Å². The number of H-pyrrole nitrogens is 1. The second-order valence-corrected chi connectivity index (χ2v) is 5.14. The van der Waals surface area contributed by atoms with E-state index in [-0.39, 0.29) is 0 Å². The molecular formula is C14H19N5. The summed E-state index contributed by atoms with van der Waals surface area (Å²) in [5.74, 6) is 2.42. The van der Waals surface area contributed by atoms with Crippen molar-refractivity contribution in [3.05, 3.63) is 42.0 Å². The zero-order valence-corrected chi connectivity index (χ0v) is 11.2. The lowest BCUT2D eigenvalue weighted by Gasteiger charge is -2.31. The van der Waals surface area contributed by atoms with Crippen LogP contribution in [-0.2, 0) is 6.54 Å². The Hall–Kier alpha value is -1.75. The van der Waals surface area contributed by atoms with Crippen LogP contribution in [-0.4, -0.2) is 37.9 Å². The third kappa shape index (κ3) is 2.98. The molecule has 3 rings (SSSR count). The van der Waals surface area contributed by atoms with Crippen LogP contribution < -0.4 is 0 Å². The Labute approximate surface area is 113 Å². The minimum atomic E-state index is 0.519. The summed E-state index contributed by atoms with van der Waals surface area (Å²) in [5.41, 5.74) is 1.18. The molecule has 1 aliphatic rings. The Morgan fingerprint density at radius 3 is 3.11 bits per heavy atom. The molecule has 2 aromatic heterocycles. The number of hydrogen-bond acceptors (Lipinski definition) is 4. The van der Waals surface area contributed by atoms with E-state index in [2.05, 4.69) is 24.8 Å². The van der Waals surface area contributed by atoms with Crippen molar-refractivity contribution in [1.29, 1.82) is 0 Å². The third-order valence-corrected chi connectivity index (χ3v) is 3.65. The van der Waals surface area contributed by atoms with Gasteiger partial charge in [-0.2, -0.15) is 0 Å². The van der Waals surface area contributed by atoms with Gasteiger partial charge >= 0.3 is 0 Å². The van der Waals surface area contributed by atoms with Gasteiger partial charge in [-0.05, 0) is 32.4 Å². The predicted octanol–water partition coefficient (Wildman–Crippen LogP) is 1.89. The van der Waals surface area contributed by atoms with Crippen molar-refractivity contribution < 1.29 is 0 Å². The number of rotatable bonds is 3. The molecule has 1 fully saturated rings. The second-order valence-electron chi connectivity index (χ2n) is 5.14. The largest absolute Gasteiger partial charge is 0.348 e. The van der Waals surface area contributed by atoms with Crippen molar-refractivity contribution in [2.24, 2.45) is 0 Å². The summed E-state index contributed by atoms with van der Waals surface area (Å²) in [4.78, 5) is 18.7. The lowest BCUT2D eigenvalue weighted by Crippen LogP contribution is -2.34. The van der Waals surface area contributed by atoms with E-state index in [1.54, 1.807) is 0 Å². The van der Waals surface area contributed by atoms with E-state index in [9.17, 15) is 0 Å². The van der Waals surface area contributed by atoms with Crippen LogP contribution in [0.25, 0.3) is 0 Å². The molecule has 0 radical (unpaired) electrons. The molecular weight excluding hydrogens is 238 g/mol. The Morgan fingerprint density at radius 2 is 2.32 bits per heavy atom. The molecule has 0 unspecified atom stereocenters. The van der Waals surface area contributed by atoms with Gasteiger partial charge in [0.25, 0.3) is 0 Å². The number of aryl methyl sites for hydroxylation is 1. The van der Waals surface area contributed by atoms with E-state index in [4.69, 9.17) is 0 Å². The minimum Gasteiger partial charge on any atom is -0.348 e. The average molecular weight is 257 g/mol. The molecule has 0 aromatic carbocycles. The van der Waals surface area contributed by atoms with E-state index >= 15 is 0 Å². The molecule has 1 saturated heterocycles. The molecule has 1 atom stereocenters. The Kier molecular flexibility index (Phi) is 3.55. The lowest BCUT2D eigenvalue weighted by atomic mass is 9.94. The molecule has 0 spiro atoms. The molecule has 0 amide bonds. The average Bonchev–Trinajstić information content (AvgIpc) is 2.92. The number of aromatic nitrogens is 4. The summed E-state index contributed by atoms with van der Waals surface area (Å²) in [6.07, 6.45) is 7.98. The lowest BCUT2D eigenvalue weighted by molar-refractivity contribution is 0.194. The van der Waals surface area contributed by atoms with Gasteiger partial charge in [-0.15, -0.1) is 0 Å². The minimum absolute atomic E-state index is 0.519. The predicted molar refractivity (Wildman–Crippen MR) is 72.6 cm³/mol. The number of aromatic amines is 1. The van der Waals surface area contributed by atoms with Crippen LogP contribution in [0, 0.1) is 6.92 Å². The van der Waals surface area contributed by atoms with Gasteiger partial charge in [0, 0.05) is 36.7 Å². The van der Waals surface area contributed by atoms with Crippen molar-refractivity contribution in [3.8, 4) is 0 Å². The van der Waals surface area contributed by atoms with Gasteiger partial charge in [0.1, 0.15) is 11.6 Å². The fourth-order valence-electron chi connectivity index (χ4n) is 2.74. The quantitative estimate of drug-likeness (QED) is 0.912. The maximum Gasteiger partial charge on any atom is 0.125 e. The van der Waals surface area contributed by atoms with Crippen LogP contribution in [0.15, 0.2) is 24.7 Å². The molecule has 0 aliphatic carbocycles. The molecule has 100 valence electrons. The van der Waals surface area contributed by atoms with E-state index in [1.165, 1.54) is 18.5 Å². The van der Waals surface area contributed by atoms with Gasteiger partial charge in [0.05, 0.1) is 6.54 Å². The summed E-state index contributed by atoms with van der Waals surface area (Å²) >= 11 is 0. The normalized spacial score (nSPS) is 20.6. The van der Waals surface area contributed by atoms with Crippen molar-refractivity contribution in [3.63, 3.8) is 0 Å². The number of likely N-dealkylation sites (tertiary alicyclic amines) is 1. The van der Waals surface area contributed by atoms with E-state index in [0.717, 1.165) is 31.3 Å². The van der Waals surface area contributed by atoms with Crippen LogP contribution in [0.3, 0.4) is 0 Å². The Bertz CT molecular complexity index is 522. The molecule has 2 aromatic rings. The van der Waals surface area contributed by atoms with Crippen molar-refractivity contribution in [1.82, 2.24) is 24.8 Å². The first-order valence-electron chi connectivity index (χ1n) is 6.81. The highest BCUT2D eigenvalue weighted by atomic mass is 15.2. The molecule has 19 heavy (non-hydrogen) atoms. The number of nitrogens with one attached hydrogen (secondary N) is 1. The Balaban J connectivity index is 1.67. The SMILES string of the molecule is Cc1nccc([C@@H]2CCCN(Cc3ncc[nH]3)C2)n1. The van der Waals surface area contributed by atoms with Crippen molar-refractivity contribution >= 4 is 0 Å². The molecule has 5 nitrogen and oxygen atoms in total. The van der Waals surface area contributed by atoms with Crippen molar-refractivity contribution in [2.75, 3.05) is 13.1 Å². The number of piperidine rings is 1. The standard InChI is InChI=1S/C14H19N5/c1-11-15-5-4-13(18-11)12-3-2-8-19(9-12)10-14-16-6-7-17-14/h4-7,12H,2-3,8-10H2,1H3,(H,16,17)/t12-/m1/s1. The maximum atomic E-state index is 4.57. The van der Waals surface area contributed by atoms with E-state index < -0.39 is 0 Å². The molecule has 1 N–H and O–H groups in total. The van der Waals surface area contributed by atoms with Gasteiger partial charge < -0.3 is 4.98 Å². The first kappa shape index (κ1) is 12.3. The van der Waals surface area contributed by atoms with Crippen LogP contribution in [0.2, 0.25) is 0 Å². The summed E-state index contributed by atoms with van der Waals surface area (Å²) in [7, 11) is 0. The zero-order valence-electron chi connectivity index (χ0n) is 11.2. The third-order valence-electron chi connectivity index (χ3n) is 3.65. The fourth-order valence-corrected chi connectivity index (χ4v) is 2.74. The highest BCUT2D eigenvalue weighted by Gasteiger charge is 2.22. The second kappa shape index (κ2) is 5.48. The first-order valence-corrected chi connectivity index (χ1v) is 6.81. The van der Waals surface area contributed by atoms with Gasteiger partial charge in [0.2, 0.25) is 0 Å². The number of imidazole rings is 1. The Morgan fingerprint density at radius 1 is 1.37 bits per heavy atom. The molecule has 1 aliphatic heterocycles. The highest BCUT2D eigenvalue weighted by Crippen LogP contribution is 2.25. The smallest absolute Gasteiger partial charge is 0.125 e. The zero-order chi connectivity index (χ0) is 13.1. The van der Waals surface area contributed by atoms with Gasteiger partial charge in [0.15, 0.2) is 0 Å². The highest BCUT2D eigenvalue weighted by molar-refractivity contribution is 5.10. The molecule has 5 heteroatoms.